The van der Waals surface area contributed by atoms with Crippen LogP contribution in [0.5, 0.6) is 0 Å². The predicted octanol–water partition coefficient (Wildman–Crippen LogP) is 3.91. The van der Waals surface area contributed by atoms with E-state index >= 15 is 0 Å². The molecule has 2 heterocycles. The highest BCUT2D eigenvalue weighted by atomic mass is 16.7. The molecular weight excluding hydrogens is 360 g/mol. The largest absolute Gasteiger partial charge is 0.464 e. The average Bonchev–Trinajstić information content (AvgIpc) is 3.14. The summed E-state index contributed by atoms with van der Waals surface area (Å²) < 4.78 is 22.5. The molecule has 0 radical (unpaired) electrons. The fourth-order valence-electron chi connectivity index (χ4n) is 3.57. The molecule has 0 fully saturated rings. The molecule has 0 spiro atoms. The van der Waals surface area contributed by atoms with Gasteiger partial charge in [0, 0.05) is 36.0 Å². The van der Waals surface area contributed by atoms with Gasteiger partial charge in [-0.25, -0.2) is 4.79 Å². The summed E-state index contributed by atoms with van der Waals surface area (Å²) in [4.78, 5) is 12.4. The lowest BCUT2D eigenvalue weighted by Gasteiger charge is -2.36. The average molecular weight is 386 g/mol. The van der Waals surface area contributed by atoms with Gasteiger partial charge in [-0.1, -0.05) is 30.9 Å². The Bertz CT molecular complexity index is 836. The minimum atomic E-state index is -0.619. The summed E-state index contributed by atoms with van der Waals surface area (Å²) in [5.74, 6) is -0.685. The number of para-hydroxylation sites is 1. The quantitative estimate of drug-likeness (QED) is 0.520. The van der Waals surface area contributed by atoms with Crippen molar-refractivity contribution in [3.8, 4) is 0 Å². The van der Waals surface area contributed by atoms with Gasteiger partial charge in [-0.2, -0.15) is 0 Å². The topological polar surface area (TPSA) is 78.1 Å². The number of carbonyl (C=O) groups is 1. The van der Waals surface area contributed by atoms with Crippen LogP contribution in [0.2, 0.25) is 0 Å². The zero-order chi connectivity index (χ0) is 19.9. The van der Waals surface area contributed by atoms with Crippen molar-refractivity contribution >= 4 is 16.9 Å². The van der Waals surface area contributed by atoms with Crippen molar-refractivity contribution in [2.24, 2.45) is 5.92 Å². The van der Waals surface area contributed by atoms with E-state index in [1.54, 1.807) is 12.3 Å². The second kappa shape index (κ2) is 9.57. The van der Waals surface area contributed by atoms with Crippen LogP contribution >= 0.6 is 0 Å². The smallest absolute Gasteiger partial charge is 0.373 e. The minimum absolute atomic E-state index is 0.0755. The maximum Gasteiger partial charge on any atom is 0.373 e. The number of allylic oxidation sites excluding steroid dienone is 1. The van der Waals surface area contributed by atoms with Gasteiger partial charge in [0.25, 0.3) is 0 Å². The molecule has 6 nitrogen and oxygen atoms in total. The first-order valence-electron chi connectivity index (χ1n) is 9.54. The molecule has 150 valence electrons. The van der Waals surface area contributed by atoms with Gasteiger partial charge in [0.15, 0.2) is 0 Å². The third-order valence-corrected chi connectivity index (χ3v) is 4.81. The highest BCUT2D eigenvalue weighted by Crippen LogP contribution is 2.42. The lowest BCUT2D eigenvalue weighted by atomic mass is 9.80. The van der Waals surface area contributed by atoms with Crippen molar-refractivity contribution < 1.29 is 28.5 Å². The maximum atomic E-state index is 12.4. The fourth-order valence-corrected chi connectivity index (χ4v) is 3.57. The first kappa shape index (κ1) is 20.2. The predicted molar refractivity (Wildman–Crippen MR) is 105 cm³/mol. The van der Waals surface area contributed by atoms with Crippen LogP contribution in [0, 0.1) is 5.92 Å². The van der Waals surface area contributed by atoms with Gasteiger partial charge < -0.3 is 23.7 Å². The SMILES string of the molecule is C=CCOC(=O)C1=C[C@@H](c2coc3ccccc23)[C@H](CCCO)[C@@H](OCC)O1. The molecule has 0 unspecified atom stereocenters. The number of carbonyl (C=O) groups excluding carboxylic acids is 1. The highest BCUT2D eigenvalue weighted by molar-refractivity contribution is 5.87. The number of benzene rings is 1. The van der Waals surface area contributed by atoms with Crippen LogP contribution in [-0.2, 0) is 19.0 Å². The van der Waals surface area contributed by atoms with E-state index in [0.29, 0.717) is 19.4 Å². The summed E-state index contributed by atoms with van der Waals surface area (Å²) in [7, 11) is 0. The molecule has 28 heavy (non-hydrogen) atoms. The summed E-state index contributed by atoms with van der Waals surface area (Å²) in [6.07, 6.45) is 5.67. The van der Waals surface area contributed by atoms with Gasteiger partial charge >= 0.3 is 5.97 Å². The molecule has 0 amide bonds. The van der Waals surface area contributed by atoms with Crippen LogP contribution in [0.15, 0.2) is 59.4 Å². The van der Waals surface area contributed by atoms with E-state index < -0.39 is 12.3 Å². The molecule has 0 bridgehead atoms. The monoisotopic (exact) mass is 386 g/mol. The Kier molecular flexibility index (Phi) is 6.90. The van der Waals surface area contributed by atoms with Gasteiger partial charge in [0.1, 0.15) is 12.2 Å². The normalized spacial score (nSPS) is 21.8. The number of aliphatic hydroxyl groups is 1. The third-order valence-electron chi connectivity index (χ3n) is 4.81. The number of hydrogen-bond acceptors (Lipinski definition) is 6. The Labute approximate surface area is 164 Å². The lowest BCUT2D eigenvalue weighted by Crippen LogP contribution is -2.36. The number of aliphatic hydroxyl groups excluding tert-OH is 1. The number of fused-ring (bicyclic) bond motifs is 1. The Morgan fingerprint density at radius 2 is 2.18 bits per heavy atom. The van der Waals surface area contributed by atoms with Gasteiger partial charge in [-0.05, 0) is 31.9 Å². The maximum absolute atomic E-state index is 12.4. The van der Waals surface area contributed by atoms with Crippen molar-refractivity contribution in [3.63, 3.8) is 0 Å². The molecule has 3 atom stereocenters. The number of ether oxygens (including phenoxy) is 3. The van der Waals surface area contributed by atoms with E-state index in [2.05, 4.69) is 6.58 Å². The van der Waals surface area contributed by atoms with Crippen molar-refractivity contribution in [1.82, 2.24) is 0 Å². The molecule has 1 aliphatic heterocycles. The van der Waals surface area contributed by atoms with Crippen LogP contribution in [0.4, 0.5) is 0 Å². The van der Waals surface area contributed by atoms with Crippen LogP contribution in [0.3, 0.4) is 0 Å². The van der Waals surface area contributed by atoms with E-state index in [0.717, 1.165) is 16.5 Å². The molecule has 1 aromatic carbocycles. The summed E-state index contributed by atoms with van der Waals surface area (Å²) in [5, 5.41) is 10.3. The first-order valence-corrected chi connectivity index (χ1v) is 9.54. The van der Waals surface area contributed by atoms with Gasteiger partial charge in [0.2, 0.25) is 12.0 Å². The molecule has 1 aromatic heterocycles. The first-order chi connectivity index (χ1) is 13.7. The molecular formula is C22H26O6. The fraction of sp³-hybridized carbons (Fsp3) is 0.409. The van der Waals surface area contributed by atoms with Crippen molar-refractivity contribution in [2.45, 2.75) is 32.0 Å². The molecule has 3 rings (SSSR count). The molecule has 1 N–H and O–H groups in total. The Hall–Kier alpha value is -2.57. The van der Waals surface area contributed by atoms with Crippen molar-refractivity contribution in [1.29, 1.82) is 0 Å². The Balaban J connectivity index is 2.02. The number of furan rings is 1. The van der Waals surface area contributed by atoms with Crippen LogP contribution in [0.25, 0.3) is 11.0 Å². The summed E-state index contributed by atoms with van der Waals surface area (Å²) in [5.41, 5.74) is 1.74. The van der Waals surface area contributed by atoms with E-state index in [4.69, 9.17) is 18.6 Å². The van der Waals surface area contributed by atoms with Gasteiger partial charge in [-0.15, -0.1) is 0 Å². The van der Waals surface area contributed by atoms with Crippen LogP contribution < -0.4 is 0 Å². The summed E-state index contributed by atoms with van der Waals surface area (Å²) in [6.45, 7) is 6.05. The third kappa shape index (κ3) is 4.29. The van der Waals surface area contributed by atoms with E-state index in [-0.39, 0.29) is 30.8 Å². The van der Waals surface area contributed by atoms with Crippen molar-refractivity contribution in [3.05, 3.63) is 60.6 Å². The van der Waals surface area contributed by atoms with Crippen molar-refractivity contribution in [2.75, 3.05) is 19.8 Å². The van der Waals surface area contributed by atoms with Crippen LogP contribution in [-0.4, -0.2) is 37.2 Å². The Morgan fingerprint density at radius 1 is 1.36 bits per heavy atom. The van der Waals surface area contributed by atoms with E-state index in [9.17, 15) is 9.90 Å². The second-order valence-electron chi connectivity index (χ2n) is 6.60. The van der Waals surface area contributed by atoms with Gasteiger partial charge in [0.05, 0.1) is 6.26 Å². The molecule has 0 saturated heterocycles. The lowest BCUT2D eigenvalue weighted by molar-refractivity contribution is -0.175. The molecule has 0 saturated carbocycles. The highest BCUT2D eigenvalue weighted by Gasteiger charge is 2.39. The molecule has 2 aromatic rings. The molecule has 6 heteroatoms. The Morgan fingerprint density at radius 3 is 2.93 bits per heavy atom. The second-order valence-corrected chi connectivity index (χ2v) is 6.60. The molecule has 0 aliphatic carbocycles. The summed E-state index contributed by atoms with van der Waals surface area (Å²) in [6, 6.07) is 7.77. The standard InChI is InChI=1S/C22H26O6/c1-3-12-26-21(24)20-13-17(16(9-7-11-23)22(28-20)25-4-2)18-14-27-19-10-6-5-8-15(18)19/h3,5-6,8,10,13-14,16-17,22-23H,1,4,7,9,11-12H2,2H3/t16-,17+,22-/m0/s1. The van der Waals surface area contributed by atoms with Gasteiger partial charge in [-0.3, -0.25) is 0 Å². The molecule has 1 aliphatic rings. The number of esters is 1. The summed E-state index contributed by atoms with van der Waals surface area (Å²) >= 11 is 0. The number of hydrogen-bond donors (Lipinski definition) is 1. The zero-order valence-corrected chi connectivity index (χ0v) is 16.0. The van der Waals surface area contributed by atoms with E-state index in [1.807, 2.05) is 31.2 Å². The van der Waals surface area contributed by atoms with Crippen LogP contribution in [0.1, 0.15) is 31.2 Å². The zero-order valence-electron chi connectivity index (χ0n) is 16.0. The van der Waals surface area contributed by atoms with E-state index in [1.165, 1.54) is 6.08 Å². The number of rotatable bonds is 9. The minimum Gasteiger partial charge on any atom is -0.464 e.